The Morgan fingerprint density at radius 3 is 2.76 bits per heavy atom. The number of aromatic nitrogens is 1. The van der Waals surface area contributed by atoms with Crippen LogP contribution in [0.15, 0.2) is 0 Å². The van der Waals surface area contributed by atoms with E-state index >= 15 is 0 Å². The summed E-state index contributed by atoms with van der Waals surface area (Å²) in [7, 11) is 3.20. The van der Waals surface area contributed by atoms with Gasteiger partial charge in [0.1, 0.15) is 10.6 Å². The molecule has 1 aromatic heterocycles. The molecule has 0 aliphatic rings. The predicted molar refractivity (Wildman–Crippen MR) is 69.5 cm³/mol. The van der Waals surface area contributed by atoms with Crippen LogP contribution in [0.25, 0.3) is 0 Å². The van der Waals surface area contributed by atoms with Gasteiger partial charge in [0.25, 0.3) is 5.91 Å². The predicted octanol–water partition coefficient (Wildman–Crippen LogP) is 0.922. The maximum absolute atomic E-state index is 11.6. The SMILES string of the molecule is CNC(=O)c1c(N)nsc1NCC(C)(C)OC. The van der Waals surface area contributed by atoms with Crippen LogP contribution in [0.5, 0.6) is 0 Å². The smallest absolute Gasteiger partial charge is 0.257 e. The van der Waals surface area contributed by atoms with Crippen LogP contribution in [-0.4, -0.2) is 36.6 Å². The number of nitrogens with zero attached hydrogens (tertiary/aromatic N) is 1. The molecule has 0 aliphatic heterocycles. The first kappa shape index (κ1) is 13.7. The molecule has 0 saturated heterocycles. The lowest BCUT2D eigenvalue weighted by Crippen LogP contribution is -2.32. The molecule has 0 spiro atoms. The van der Waals surface area contributed by atoms with Crippen LogP contribution >= 0.6 is 11.5 Å². The number of methoxy groups -OCH3 is 1. The number of rotatable bonds is 5. The second-order valence-corrected chi connectivity index (χ2v) is 4.94. The number of carbonyl (C=O) groups excluding carboxylic acids is 1. The maximum Gasteiger partial charge on any atom is 0.257 e. The molecular formula is C10H18N4O2S. The molecule has 0 unspecified atom stereocenters. The molecule has 0 fully saturated rings. The maximum atomic E-state index is 11.6. The first-order valence-corrected chi connectivity index (χ1v) is 5.95. The van der Waals surface area contributed by atoms with Gasteiger partial charge in [-0.1, -0.05) is 0 Å². The number of amides is 1. The van der Waals surface area contributed by atoms with Gasteiger partial charge in [-0.3, -0.25) is 4.79 Å². The number of nitrogens with two attached hydrogens (primary N) is 1. The van der Waals surface area contributed by atoms with Crippen LogP contribution in [0.2, 0.25) is 0 Å². The first-order valence-electron chi connectivity index (χ1n) is 5.17. The van der Waals surface area contributed by atoms with E-state index in [1.165, 1.54) is 11.5 Å². The van der Waals surface area contributed by atoms with Crippen LogP contribution in [0.1, 0.15) is 24.2 Å². The molecule has 4 N–H and O–H groups in total. The standard InChI is InChI=1S/C10H18N4O2S/c1-10(2,16-4)5-13-9-6(8(15)12-3)7(11)14-17-9/h13H,5H2,1-4H3,(H2,11,14)(H,12,15). The molecular weight excluding hydrogens is 240 g/mol. The minimum Gasteiger partial charge on any atom is -0.382 e. The number of nitrogen functional groups attached to an aromatic ring is 1. The second-order valence-electron chi connectivity index (χ2n) is 4.17. The molecule has 7 heteroatoms. The van der Waals surface area contributed by atoms with E-state index in [2.05, 4.69) is 15.0 Å². The fraction of sp³-hybridized carbons (Fsp3) is 0.600. The number of anilines is 2. The van der Waals surface area contributed by atoms with E-state index in [4.69, 9.17) is 10.5 Å². The van der Waals surface area contributed by atoms with E-state index in [-0.39, 0.29) is 17.3 Å². The summed E-state index contributed by atoms with van der Waals surface area (Å²) in [5, 5.41) is 6.33. The zero-order chi connectivity index (χ0) is 13.1. The molecule has 1 amide bonds. The van der Waals surface area contributed by atoms with E-state index in [1.54, 1.807) is 14.2 Å². The molecule has 0 aliphatic carbocycles. The number of nitrogens with one attached hydrogen (secondary N) is 2. The molecule has 6 nitrogen and oxygen atoms in total. The highest BCUT2D eigenvalue weighted by Crippen LogP contribution is 2.27. The first-order chi connectivity index (χ1) is 7.91. The Labute approximate surface area is 105 Å². The van der Waals surface area contributed by atoms with Crippen molar-refractivity contribution in [1.82, 2.24) is 9.69 Å². The topological polar surface area (TPSA) is 89.3 Å². The molecule has 1 aromatic rings. The Bertz CT molecular complexity index is 403. The van der Waals surface area contributed by atoms with Crippen molar-refractivity contribution >= 4 is 28.3 Å². The van der Waals surface area contributed by atoms with Crippen LogP contribution < -0.4 is 16.4 Å². The number of hydrogen-bond donors (Lipinski definition) is 3. The third kappa shape index (κ3) is 3.31. The monoisotopic (exact) mass is 258 g/mol. The molecule has 0 radical (unpaired) electrons. The van der Waals surface area contributed by atoms with Crippen molar-refractivity contribution in [3.8, 4) is 0 Å². The van der Waals surface area contributed by atoms with E-state index in [0.717, 1.165) is 0 Å². The molecule has 1 rings (SSSR count). The number of carbonyl (C=O) groups is 1. The highest BCUT2D eigenvalue weighted by atomic mass is 32.1. The van der Waals surface area contributed by atoms with Crippen molar-refractivity contribution in [2.75, 3.05) is 31.8 Å². The van der Waals surface area contributed by atoms with Gasteiger partial charge in [0.05, 0.1) is 5.60 Å². The molecule has 0 saturated carbocycles. The van der Waals surface area contributed by atoms with Gasteiger partial charge in [0, 0.05) is 20.7 Å². The third-order valence-electron chi connectivity index (χ3n) is 2.40. The summed E-state index contributed by atoms with van der Waals surface area (Å²) in [4.78, 5) is 11.6. The molecule has 1 heterocycles. The lowest BCUT2D eigenvalue weighted by Gasteiger charge is -2.23. The van der Waals surface area contributed by atoms with Crippen molar-refractivity contribution in [2.24, 2.45) is 0 Å². The quantitative estimate of drug-likeness (QED) is 0.731. The normalized spacial score (nSPS) is 11.3. The van der Waals surface area contributed by atoms with Gasteiger partial charge in [0.15, 0.2) is 5.82 Å². The van der Waals surface area contributed by atoms with Crippen molar-refractivity contribution in [3.63, 3.8) is 0 Å². The minimum atomic E-state index is -0.321. The van der Waals surface area contributed by atoms with E-state index in [9.17, 15) is 4.79 Å². The number of hydrogen-bond acceptors (Lipinski definition) is 6. The van der Waals surface area contributed by atoms with E-state index in [1.807, 2.05) is 13.8 Å². The molecule has 0 atom stereocenters. The summed E-state index contributed by atoms with van der Waals surface area (Å²) in [6, 6.07) is 0. The van der Waals surface area contributed by atoms with E-state index in [0.29, 0.717) is 17.1 Å². The number of ether oxygens (including phenoxy) is 1. The zero-order valence-electron chi connectivity index (χ0n) is 10.5. The van der Waals surface area contributed by atoms with Crippen molar-refractivity contribution in [2.45, 2.75) is 19.4 Å². The van der Waals surface area contributed by atoms with Crippen molar-refractivity contribution in [1.29, 1.82) is 0 Å². The van der Waals surface area contributed by atoms with Gasteiger partial charge >= 0.3 is 0 Å². The molecule has 0 bridgehead atoms. The van der Waals surface area contributed by atoms with Gasteiger partial charge < -0.3 is 21.1 Å². The third-order valence-corrected chi connectivity index (χ3v) is 3.22. The fourth-order valence-corrected chi connectivity index (χ4v) is 1.84. The lowest BCUT2D eigenvalue weighted by atomic mass is 10.1. The Kier molecular flexibility index (Phi) is 4.30. The summed E-state index contributed by atoms with van der Waals surface area (Å²) in [6.45, 7) is 4.46. The summed E-state index contributed by atoms with van der Waals surface area (Å²) in [5.41, 5.74) is 5.73. The fourth-order valence-electron chi connectivity index (χ4n) is 1.13. The van der Waals surface area contributed by atoms with Gasteiger partial charge in [-0.05, 0) is 25.4 Å². The summed E-state index contributed by atoms with van der Waals surface area (Å²) >= 11 is 1.17. The Morgan fingerprint density at radius 1 is 1.59 bits per heavy atom. The summed E-state index contributed by atoms with van der Waals surface area (Å²) < 4.78 is 9.25. The van der Waals surface area contributed by atoms with Gasteiger partial charge in [-0.15, -0.1) is 0 Å². The van der Waals surface area contributed by atoms with Gasteiger partial charge in [-0.25, -0.2) is 0 Å². The van der Waals surface area contributed by atoms with Crippen molar-refractivity contribution < 1.29 is 9.53 Å². The van der Waals surface area contributed by atoms with Crippen molar-refractivity contribution in [3.05, 3.63) is 5.56 Å². The highest BCUT2D eigenvalue weighted by Gasteiger charge is 2.21. The second kappa shape index (κ2) is 5.33. The Balaban J connectivity index is 2.82. The average Bonchev–Trinajstić information content (AvgIpc) is 2.67. The average molecular weight is 258 g/mol. The van der Waals surface area contributed by atoms with Crippen LogP contribution in [0.4, 0.5) is 10.8 Å². The van der Waals surface area contributed by atoms with Crippen LogP contribution in [-0.2, 0) is 4.74 Å². The van der Waals surface area contributed by atoms with Crippen LogP contribution in [0, 0.1) is 0 Å². The van der Waals surface area contributed by atoms with E-state index < -0.39 is 0 Å². The minimum absolute atomic E-state index is 0.242. The van der Waals surface area contributed by atoms with Gasteiger partial charge in [0.2, 0.25) is 0 Å². The highest BCUT2D eigenvalue weighted by molar-refractivity contribution is 7.11. The molecule has 0 aromatic carbocycles. The zero-order valence-corrected chi connectivity index (χ0v) is 11.3. The molecule has 96 valence electrons. The lowest BCUT2D eigenvalue weighted by molar-refractivity contribution is 0.0344. The van der Waals surface area contributed by atoms with Gasteiger partial charge in [-0.2, -0.15) is 4.37 Å². The summed E-state index contributed by atoms with van der Waals surface area (Å²) in [5.74, 6) is 0.000968. The molecule has 17 heavy (non-hydrogen) atoms. The Morgan fingerprint density at radius 2 is 2.24 bits per heavy atom. The Hall–Kier alpha value is -1.34. The van der Waals surface area contributed by atoms with Crippen LogP contribution in [0.3, 0.4) is 0 Å². The summed E-state index contributed by atoms with van der Waals surface area (Å²) in [6.07, 6.45) is 0. The largest absolute Gasteiger partial charge is 0.382 e.